The van der Waals surface area contributed by atoms with Crippen molar-refractivity contribution in [3.8, 4) is 0 Å². The van der Waals surface area contributed by atoms with Gasteiger partial charge in [0.2, 0.25) is 0 Å². The average Bonchev–Trinajstić information content (AvgIpc) is 3.08. The van der Waals surface area contributed by atoms with Crippen LogP contribution in [0.1, 0.15) is 24.6 Å². The molecule has 146 valence electrons. The summed E-state index contributed by atoms with van der Waals surface area (Å²) in [5.74, 6) is 0. The van der Waals surface area contributed by atoms with Crippen LogP contribution in [-0.4, -0.2) is 22.0 Å². The van der Waals surface area contributed by atoms with Gasteiger partial charge in [-0.1, -0.05) is 48.3 Å². The minimum absolute atomic E-state index is 0.139. The second-order valence-corrected chi connectivity index (χ2v) is 7.49. The quantitative estimate of drug-likeness (QED) is 0.483. The average molecular weight is 416 g/mol. The molecule has 0 bridgehead atoms. The number of hydrogen-bond donors (Lipinski definition) is 1. The standard InChI is InChI=1S/C22H23Cl2N3O/c1-2-11-27(22(28)25-20-9-4-8-19(24)14-20)16-21-10-5-12-26(21)15-17-6-3-7-18(23)13-17/h3-10,12-14H,2,11,15-16H2,1H3,(H,25,28). The molecule has 0 atom stereocenters. The summed E-state index contributed by atoms with van der Waals surface area (Å²) in [7, 11) is 0. The molecule has 2 amide bonds. The third-order valence-corrected chi connectivity index (χ3v) is 4.85. The number of carbonyl (C=O) groups is 1. The minimum Gasteiger partial charge on any atom is -0.345 e. The van der Waals surface area contributed by atoms with Gasteiger partial charge in [0.15, 0.2) is 0 Å². The van der Waals surface area contributed by atoms with E-state index in [0.29, 0.717) is 30.3 Å². The largest absolute Gasteiger partial charge is 0.345 e. The summed E-state index contributed by atoms with van der Waals surface area (Å²) in [6.45, 7) is 3.95. The van der Waals surface area contributed by atoms with Crippen LogP contribution in [0, 0.1) is 0 Å². The summed E-state index contributed by atoms with van der Waals surface area (Å²) >= 11 is 12.1. The van der Waals surface area contributed by atoms with Crippen LogP contribution >= 0.6 is 23.2 Å². The van der Waals surface area contributed by atoms with E-state index in [2.05, 4.69) is 16.8 Å². The highest BCUT2D eigenvalue weighted by Gasteiger charge is 2.15. The number of amides is 2. The molecular formula is C22H23Cl2N3O. The topological polar surface area (TPSA) is 37.3 Å². The van der Waals surface area contributed by atoms with Crippen LogP contribution in [0.2, 0.25) is 10.0 Å². The van der Waals surface area contributed by atoms with E-state index in [-0.39, 0.29) is 6.03 Å². The fraction of sp³-hybridized carbons (Fsp3) is 0.227. The third kappa shape index (κ3) is 5.54. The van der Waals surface area contributed by atoms with Gasteiger partial charge in [-0.25, -0.2) is 4.79 Å². The molecule has 3 aromatic rings. The van der Waals surface area contributed by atoms with Crippen LogP contribution < -0.4 is 5.32 Å². The number of rotatable bonds is 7. The summed E-state index contributed by atoms with van der Waals surface area (Å²) in [6, 6.07) is 18.9. The Balaban J connectivity index is 1.72. The lowest BCUT2D eigenvalue weighted by Crippen LogP contribution is -2.35. The van der Waals surface area contributed by atoms with Gasteiger partial charge in [-0.3, -0.25) is 0 Å². The minimum atomic E-state index is -0.139. The van der Waals surface area contributed by atoms with Gasteiger partial charge in [-0.15, -0.1) is 0 Å². The molecule has 0 saturated carbocycles. The second-order valence-electron chi connectivity index (χ2n) is 6.62. The number of urea groups is 1. The number of anilines is 1. The number of benzene rings is 2. The van der Waals surface area contributed by atoms with Crippen LogP contribution in [0.25, 0.3) is 0 Å². The third-order valence-electron chi connectivity index (χ3n) is 4.37. The molecule has 0 spiro atoms. The Morgan fingerprint density at radius 1 is 1.04 bits per heavy atom. The lowest BCUT2D eigenvalue weighted by molar-refractivity contribution is 0.208. The van der Waals surface area contributed by atoms with Crippen molar-refractivity contribution in [1.82, 2.24) is 9.47 Å². The maximum atomic E-state index is 12.8. The summed E-state index contributed by atoms with van der Waals surface area (Å²) < 4.78 is 2.14. The van der Waals surface area contributed by atoms with Crippen molar-refractivity contribution in [1.29, 1.82) is 0 Å². The van der Waals surface area contributed by atoms with Crippen LogP contribution in [0.15, 0.2) is 66.9 Å². The number of hydrogen-bond acceptors (Lipinski definition) is 1. The van der Waals surface area contributed by atoms with Gasteiger partial charge in [-0.05, 0) is 54.4 Å². The van der Waals surface area contributed by atoms with E-state index in [9.17, 15) is 4.79 Å². The molecule has 28 heavy (non-hydrogen) atoms. The maximum Gasteiger partial charge on any atom is 0.322 e. The highest BCUT2D eigenvalue weighted by molar-refractivity contribution is 6.31. The summed E-state index contributed by atoms with van der Waals surface area (Å²) in [4.78, 5) is 14.6. The fourth-order valence-electron chi connectivity index (χ4n) is 3.07. The second kappa shape index (κ2) is 9.67. The highest BCUT2D eigenvalue weighted by Crippen LogP contribution is 2.17. The van der Waals surface area contributed by atoms with Crippen molar-refractivity contribution in [2.24, 2.45) is 0 Å². The van der Waals surface area contributed by atoms with Crippen molar-refractivity contribution >= 4 is 34.9 Å². The Hall–Kier alpha value is -2.43. The lowest BCUT2D eigenvalue weighted by atomic mass is 10.2. The molecule has 0 fully saturated rings. The Kier molecular flexibility index (Phi) is 7.01. The zero-order chi connectivity index (χ0) is 19.9. The van der Waals surface area contributed by atoms with Crippen molar-refractivity contribution in [3.63, 3.8) is 0 Å². The molecule has 0 radical (unpaired) electrons. The van der Waals surface area contributed by atoms with Gasteiger partial charge in [-0.2, -0.15) is 0 Å². The Bertz CT molecular complexity index is 939. The summed E-state index contributed by atoms with van der Waals surface area (Å²) in [6.07, 6.45) is 2.90. The maximum absolute atomic E-state index is 12.8. The first-order chi connectivity index (χ1) is 13.5. The monoisotopic (exact) mass is 415 g/mol. The molecule has 0 aliphatic heterocycles. The molecule has 4 nitrogen and oxygen atoms in total. The predicted molar refractivity (Wildman–Crippen MR) is 116 cm³/mol. The van der Waals surface area contributed by atoms with E-state index in [0.717, 1.165) is 22.7 Å². The Morgan fingerprint density at radius 3 is 2.50 bits per heavy atom. The SMILES string of the molecule is CCCN(Cc1cccn1Cc1cccc(Cl)c1)C(=O)Nc1cccc(Cl)c1. The molecule has 1 heterocycles. The first kappa shape index (κ1) is 20.3. The summed E-state index contributed by atoms with van der Waals surface area (Å²) in [5, 5.41) is 4.25. The molecule has 0 saturated heterocycles. The van der Waals surface area contributed by atoms with Crippen LogP contribution in [0.5, 0.6) is 0 Å². The van der Waals surface area contributed by atoms with Crippen molar-refractivity contribution in [3.05, 3.63) is 88.2 Å². The smallest absolute Gasteiger partial charge is 0.322 e. The van der Waals surface area contributed by atoms with Crippen molar-refractivity contribution in [2.45, 2.75) is 26.4 Å². The van der Waals surface area contributed by atoms with E-state index in [1.54, 1.807) is 12.1 Å². The first-order valence-electron chi connectivity index (χ1n) is 9.25. The number of halogens is 2. The first-order valence-corrected chi connectivity index (χ1v) is 10.0. The van der Waals surface area contributed by atoms with Gasteiger partial charge in [0.25, 0.3) is 0 Å². The van der Waals surface area contributed by atoms with E-state index >= 15 is 0 Å². The predicted octanol–water partition coefficient (Wildman–Crippen LogP) is 6.29. The van der Waals surface area contributed by atoms with Crippen LogP contribution in [-0.2, 0) is 13.1 Å². The molecular weight excluding hydrogens is 393 g/mol. The Labute approximate surface area is 175 Å². The van der Waals surface area contributed by atoms with Gasteiger partial charge in [0.1, 0.15) is 0 Å². The lowest BCUT2D eigenvalue weighted by Gasteiger charge is -2.23. The van der Waals surface area contributed by atoms with E-state index in [1.807, 2.05) is 59.6 Å². The molecule has 3 rings (SSSR count). The molecule has 6 heteroatoms. The Morgan fingerprint density at radius 2 is 1.79 bits per heavy atom. The molecule has 2 aromatic carbocycles. The molecule has 1 aromatic heterocycles. The number of aromatic nitrogens is 1. The van der Waals surface area contributed by atoms with E-state index < -0.39 is 0 Å². The number of nitrogens with zero attached hydrogens (tertiary/aromatic N) is 2. The number of carbonyl (C=O) groups excluding carboxylic acids is 1. The summed E-state index contributed by atoms with van der Waals surface area (Å²) in [5.41, 5.74) is 2.87. The van der Waals surface area contributed by atoms with Gasteiger partial charge >= 0.3 is 6.03 Å². The van der Waals surface area contributed by atoms with Gasteiger partial charge < -0.3 is 14.8 Å². The molecule has 1 N–H and O–H groups in total. The normalized spacial score (nSPS) is 10.7. The molecule has 0 aliphatic rings. The zero-order valence-corrected chi connectivity index (χ0v) is 17.2. The molecule has 0 aliphatic carbocycles. The van der Waals surface area contributed by atoms with Crippen LogP contribution in [0.3, 0.4) is 0 Å². The van der Waals surface area contributed by atoms with Gasteiger partial charge in [0, 0.05) is 40.7 Å². The fourth-order valence-corrected chi connectivity index (χ4v) is 3.47. The zero-order valence-electron chi connectivity index (χ0n) is 15.7. The van der Waals surface area contributed by atoms with Gasteiger partial charge in [0.05, 0.1) is 6.54 Å². The highest BCUT2D eigenvalue weighted by atomic mass is 35.5. The van der Waals surface area contributed by atoms with Crippen molar-refractivity contribution in [2.75, 3.05) is 11.9 Å². The molecule has 0 unspecified atom stereocenters. The number of nitrogens with one attached hydrogen (secondary N) is 1. The van der Waals surface area contributed by atoms with Crippen LogP contribution in [0.4, 0.5) is 10.5 Å². The van der Waals surface area contributed by atoms with E-state index in [1.165, 1.54) is 0 Å². The van der Waals surface area contributed by atoms with E-state index in [4.69, 9.17) is 23.2 Å². The van der Waals surface area contributed by atoms with Crippen molar-refractivity contribution < 1.29 is 4.79 Å².